The Morgan fingerprint density at radius 2 is 1.84 bits per heavy atom. The van der Waals surface area contributed by atoms with Gasteiger partial charge in [0.2, 0.25) is 0 Å². The van der Waals surface area contributed by atoms with Crippen LogP contribution in [0, 0.1) is 0 Å². The van der Waals surface area contributed by atoms with Gasteiger partial charge in [-0.25, -0.2) is 4.98 Å². The van der Waals surface area contributed by atoms with Gasteiger partial charge in [0.25, 0.3) is 0 Å². The van der Waals surface area contributed by atoms with E-state index in [4.69, 9.17) is 5.73 Å². The molecule has 3 nitrogen and oxygen atoms in total. The number of nitrogens with two attached hydrogens (primary N) is 1. The molecule has 1 aromatic rings. The van der Waals surface area contributed by atoms with Gasteiger partial charge in [-0.05, 0) is 18.9 Å². The first-order valence-corrected chi connectivity index (χ1v) is 6.35. The quantitative estimate of drug-likeness (QED) is 0.897. The Labute approximate surface area is 111 Å². The summed E-state index contributed by atoms with van der Waals surface area (Å²) >= 11 is 0. The first kappa shape index (κ1) is 15.8. The van der Waals surface area contributed by atoms with Crippen LogP contribution in [0.1, 0.15) is 37.9 Å². The van der Waals surface area contributed by atoms with Crippen LogP contribution in [0.4, 0.5) is 19.0 Å². The Hall–Kier alpha value is -1.30. The molecule has 108 valence electrons. The summed E-state index contributed by atoms with van der Waals surface area (Å²) in [7, 11) is 1.76. The van der Waals surface area contributed by atoms with Crippen molar-refractivity contribution in [3.8, 4) is 0 Å². The van der Waals surface area contributed by atoms with Crippen LogP contribution in [-0.2, 0) is 12.7 Å². The SMILES string of the molecule is CCC(CC)N(C)c1nc(C(F)(F)F)ccc1CN. The molecule has 0 aliphatic rings. The van der Waals surface area contributed by atoms with Crippen LogP contribution in [-0.4, -0.2) is 18.1 Å². The molecule has 0 radical (unpaired) electrons. The van der Waals surface area contributed by atoms with E-state index in [9.17, 15) is 13.2 Å². The van der Waals surface area contributed by atoms with E-state index >= 15 is 0 Å². The number of alkyl halides is 3. The molecular formula is C13H20F3N3. The van der Waals surface area contributed by atoms with E-state index in [0.717, 1.165) is 18.9 Å². The fraction of sp³-hybridized carbons (Fsp3) is 0.615. The van der Waals surface area contributed by atoms with E-state index < -0.39 is 11.9 Å². The first-order chi connectivity index (χ1) is 8.85. The third kappa shape index (κ3) is 3.59. The molecule has 0 spiro atoms. The molecule has 0 unspecified atom stereocenters. The summed E-state index contributed by atoms with van der Waals surface area (Å²) in [5, 5.41) is 0. The van der Waals surface area contributed by atoms with Crippen molar-refractivity contribution in [2.45, 2.75) is 45.5 Å². The van der Waals surface area contributed by atoms with Crippen molar-refractivity contribution in [1.29, 1.82) is 0 Å². The van der Waals surface area contributed by atoms with Crippen molar-refractivity contribution >= 4 is 5.82 Å². The molecule has 0 saturated carbocycles. The molecular weight excluding hydrogens is 255 g/mol. The molecule has 1 aromatic heterocycles. The fourth-order valence-electron chi connectivity index (χ4n) is 2.11. The lowest BCUT2D eigenvalue weighted by atomic mass is 10.1. The van der Waals surface area contributed by atoms with E-state index in [0.29, 0.717) is 11.4 Å². The number of pyridine rings is 1. The van der Waals surface area contributed by atoms with Crippen molar-refractivity contribution in [3.63, 3.8) is 0 Å². The molecule has 6 heteroatoms. The molecule has 0 aromatic carbocycles. The minimum absolute atomic E-state index is 0.154. The second kappa shape index (κ2) is 6.23. The van der Waals surface area contributed by atoms with E-state index in [1.54, 1.807) is 11.9 Å². The molecule has 0 saturated heterocycles. The number of hydrogen-bond donors (Lipinski definition) is 1. The highest BCUT2D eigenvalue weighted by atomic mass is 19.4. The van der Waals surface area contributed by atoms with Gasteiger partial charge in [-0.2, -0.15) is 13.2 Å². The van der Waals surface area contributed by atoms with E-state index in [1.807, 2.05) is 13.8 Å². The zero-order valence-electron chi connectivity index (χ0n) is 11.5. The summed E-state index contributed by atoms with van der Waals surface area (Å²) in [6, 6.07) is 2.54. The van der Waals surface area contributed by atoms with Gasteiger partial charge in [0, 0.05) is 25.2 Å². The molecule has 1 rings (SSSR count). The second-order valence-corrected chi connectivity index (χ2v) is 4.46. The number of rotatable bonds is 5. The van der Waals surface area contributed by atoms with Crippen molar-refractivity contribution in [1.82, 2.24) is 4.98 Å². The normalized spacial score (nSPS) is 12.0. The van der Waals surface area contributed by atoms with Gasteiger partial charge in [-0.15, -0.1) is 0 Å². The summed E-state index contributed by atoms with van der Waals surface area (Å²) in [6.07, 6.45) is -2.75. The summed E-state index contributed by atoms with van der Waals surface area (Å²) in [5.74, 6) is 0.325. The van der Waals surface area contributed by atoms with Crippen LogP contribution in [0.5, 0.6) is 0 Å². The maximum atomic E-state index is 12.7. The van der Waals surface area contributed by atoms with E-state index in [2.05, 4.69) is 4.98 Å². The van der Waals surface area contributed by atoms with E-state index in [1.165, 1.54) is 6.07 Å². The topological polar surface area (TPSA) is 42.2 Å². The molecule has 0 atom stereocenters. The molecule has 1 heterocycles. The van der Waals surface area contributed by atoms with Crippen molar-refractivity contribution < 1.29 is 13.2 Å². The molecule has 2 N–H and O–H groups in total. The van der Waals surface area contributed by atoms with Gasteiger partial charge in [0.05, 0.1) is 0 Å². The minimum atomic E-state index is -4.43. The smallest absolute Gasteiger partial charge is 0.356 e. The van der Waals surface area contributed by atoms with Crippen molar-refractivity contribution in [3.05, 3.63) is 23.4 Å². The van der Waals surface area contributed by atoms with Crippen molar-refractivity contribution in [2.24, 2.45) is 5.73 Å². The largest absolute Gasteiger partial charge is 0.433 e. The molecule has 0 aliphatic heterocycles. The number of anilines is 1. The van der Waals surface area contributed by atoms with Gasteiger partial charge < -0.3 is 10.6 Å². The standard InChI is InChI=1S/C13H20F3N3/c1-4-10(5-2)19(3)12-9(8-17)6-7-11(18-12)13(14,15)16/h6-7,10H,4-5,8,17H2,1-3H3. The summed E-state index contributed by atoms with van der Waals surface area (Å²) in [5.41, 5.74) is 5.33. The lowest BCUT2D eigenvalue weighted by Gasteiger charge is -2.29. The summed E-state index contributed by atoms with van der Waals surface area (Å²) < 4.78 is 38.2. The Kier molecular flexibility index (Phi) is 5.17. The third-order valence-electron chi connectivity index (χ3n) is 3.29. The fourth-order valence-corrected chi connectivity index (χ4v) is 2.11. The lowest BCUT2D eigenvalue weighted by molar-refractivity contribution is -0.141. The van der Waals surface area contributed by atoms with Crippen LogP contribution in [0.15, 0.2) is 12.1 Å². The van der Waals surface area contributed by atoms with Crippen LogP contribution in [0.25, 0.3) is 0 Å². The van der Waals surface area contributed by atoms with Crippen molar-refractivity contribution in [2.75, 3.05) is 11.9 Å². The number of hydrogen-bond acceptors (Lipinski definition) is 3. The Morgan fingerprint density at radius 3 is 2.26 bits per heavy atom. The second-order valence-electron chi connectivity index (χ2n) is 4.46. The summed E-state index contributed by atoms with van der Waals surface area (Å²) in [6.45, 7) is 4.17. The van der Waals surface area contributed by atoms with Gasteiger partial charge in [-0.3, -0.25) is 0 Å². The molecule has 0 amide bonds. The van der Waals surface area contributed by atoms with Gasteiger partial charge >= 0.3 is 6.18 Å². The Bertz CT molecular complexity index is 414. The van der Waals surface area contributed by atoms with Gasteiger partial charge in [-0.1, -0.05) is 19.9 Å². The maximum absolute atomic E-state index is 12.7. The molecule has 19 heavy (non-hydrogen) atoms. The van der Waals surface area contributed by atoms with Crippen LogP contribution < -0.4 is 10.6 Å². The summed E-state index contributed by atoms with van der Waals surface area (Å²) in [4.78, 5) is 5.54. The highest BCUT2D eigenvalue weighted by Crippen LogP contribution is 2.31. The highest BCUT2D eigenvalue weighted by molar-refractivity contribution is 5.48. The predicted molar refractivity (Wildman–Crippen MR) is 69.9 cm³/mol. The zero-order valence-corrected chi connectivity index (χ0v) is 11.5. The first-order valence-electron chi connectivity index (χ1n) is 6.35. The number of halogens is 3. The average molecular weight is 275 g/mol. The van der Waals surface area contributed by atoms with Crippen LogP contribution >= 0.6 is 0 Å². The van der Waals surface area contributed by atoms with Crippen LogP contribution in [0.3, 0.4) is 0 Å². The molecule has 0 aliphatic carbocycles. The Balaban J connectivity index is 3.22. The van der Waals surface area contributed by atoms with Gasteiger partial charge in [0.15, 0.2) is 0 Å². The lowest BCUT2D eigenvalue weighted by Crippen LogP contribution is -2.32. The van der Waals surface area contributed by atoms with E-state index in [-0.39, 0.29) is 12.6 Å². The molecule has 0 bridgehead atoms. The third-order valence-corrected chi connectivity index (χ3v) is 3.29. The zero-order chi connectivity index (χ0) is 14.6. The number of nitrogens with zero attached hydrogens (tertiary/aromatic N) is 2. The number of aromatic nitrogens is 1. The average Bonchev–Trinajstić information content (AvgIpc) is 2.38. The Morgan fingerprint density at radius 1 is 1.26 bits per heavy atom. The van der Waals surface area contributed by atoms with Crippen LogP contribution in [0.2, 0.25) is 0 Å². The maximum Gasteiger partial charge on any atom is 0.433 e. The predicted octanol–water partition coefficient (Wildman–Crippen LogP) is 3.18. The minimum Gasteiger partial charge on any atom is -0.356 e. The monoisotopic (exact) mass is 275 g/mol. The van der Waals surface area contributed by atoms with Gasteiger partial charge in [0.1, 0.15) is 11.5 Å². The highest BCUT2D eigenvalue weighted by Gasteiger charge is 2.33. The molecule has 0 fully saturated rings.